The van der Waals surface area contributed by atoms with E-state index in [1.807, 2.05) is 0 Å². The highest BCUT2D eigenvalue weighted by molar-refractivity contribution is 5.32. The molecule has 17 heavy (non-hydrogen) atoms. The third-order valence-electron chi connectivity index (χ3n) is 2.59. The zero-order chi connectivity index (χ0) is 12.7. The first-order chi connectivity index (χ1) is 8.08. The van der Waals surface area contributed by atoms with Gasteiger partial charge in [-0.15, -0.1) is 0 Å². The number of rotatable bonds is 7. The summed E-state index contributed by atoms with van der Waals surface area (Å²) in [5.41, 5.74) is 2.53. The number of aryl methyl sites for hydroxylation is 2. The van der Waals surface area contributed by atoms with Crippen LogP contribution in [0, 0.1) is 13.8 Å². The van der Waals surface area contributed by atoms with Gasteiger partial charge in [0.25, 0.3) is 0 Å². The van der Waals surface area contributed by atoms with Crippen molar-refractivity contribution in [3.8, 4) is 5.75 Å². The molecule has 0 bridgehead atoms. The van der Waals surface area contributed by atoms with Crippen LogP contribution in [0.5, 0.6) is 5.75 Å². The van der Waals surface area contributed by atoms with Crippen LogP contribution in [-0.2, 0) is 0 Å². The summed E-state index contributed by atoms with van der Waals surface area (Å²) in [5, 5.41) is 3.41. The van der Waals surface area contributed by atoms with E-state index in [1.54, 1.807) is 0 Å². The Kier molecular flexibility index (Phi) is 6.06. The smallest absolute Gasteiger partial charge is 0.119 e. The fourth-order valence-electron chi connectivity index (χ4n) is 1.82. The van der Waals surface area contributed by atoms with E-state index in [2.05, 4.69) is 51.2 Å². The zero-order valence-electron chi connectivity index (χ0n) is 11.5. The van der Waals surface area contributed by atoms with E-state index in [4.69, 9.17) is 4.74 Å². The van der Waals surface area contributed by atoms with Crippen molar-refractivity contribution in [3.05, 3.63) is 29.3 Å². The van der Waals surface area contributed by atoms with Crippen molar-refractivity contribution in [2.24, 2.45) is 0 Å². The van der Waals surface area contributed by atoms with E-state index in [1.165, 1.54) is 17.5 Å². The predicted molar refractivity (Wildman–Crippen MR) is 73.8 cm³/mol. The Bertz CT molecular complexity index is 313. The summed E-state index contributed by atoms with van der Waals surface area (Å²) in [6.45, 7) is 10.4. The van der Waals surface area contributed by atoms with Crippen LogP contribution in [0.3, 0.4) is 0 Å². The van der Waals surface area contributed by atoms with Crippen LogP contribution in [-0.4, -0.2) is 19.2 Å². The number of hydrogen-bond acceptors (Lipinski definition) is 2. The molecule has 2 nitrogen and oxygen atoms in total. The van der Waals surface area contributed by atoms with E-state index >= 15 is 0 Å². The first kappa shape index (κ1) is 14.0. The second-order valence-electron chi connectivity index (χ2n) is 4.99. The molecule has 0 saturated carbocycles. The molecule has 1 aromatic carbocycles. The third-order valence-corrected chi connectivity index (χ3v) is 2.59. The van der Waals surface area contributed by atoms with Gasteiger partial charge < -0.3 is 10.1 Å². The molecule has 0 aromatic heterocycles. The lowest BCUT2D eigenvalue weighted by Gasteiger charge is -2.09. The lowest BCUT2D eigenvalue weighted by Crippen LogP contribution is -2.23. The summed E-state index contributed by atoms with van der Waals surface area (Å²) < 4.78 is 5.75. The van der Waals surface area contributed by atoms with Crippen LogP contribution < -0.4 is 10.1 Å². The van der Waals surface area contributed by atoms with Crippen molar-refractivity contribution in [2.45, 2.75) is 46.6 Å². The molecule has 0 spiro atoms. The van der Waals surface area contributed by atoms with Crippen molar-refractivity contribution < 1.29 is 4.74 Å². The number of hydrogen-bond donors (Lipinski definition) is 1. The summed E-state index contributed by atoms with van der Waals surface area (Å²) in [4.78, 5) is 0. The van der Waals surface area contributed by atoms with Gasteiger partial charge in [-0.3, -0.25) is 0 Å². The maximum Gasteiger partial charge on any atom is 0.119 e. The molecule has 2 heteroatoms. The van der Waals surface area contributed by atoms with Crippen molar-refractivity contribution in [3.63, 3.8) is 0 Å². The van der Waals surface area contributed by atoms with Crippen molar-refractivity contribution in [1.82, 2.24) is 5.32 Å². The highest BCUT2D eigenvalue weighted by Crippen LogP contribution is 2.16. The fraction of sp³-hybridized carbons (Fsp3) is 0.600. The van der Waals surface area contributed by atoms with Crippen LogP contribution in [0.4, 0.5) is 0 Å². The molecule has 1 aromatic rings. The van der Waals surface area contributed by atoms with Crippen LogP contribution in [0.15, 0.2) is 18.2 Å². The number of ether oxygens (including phenoxy) is 1. The van der Waals surface area contributed by atoms with Crippen LogP contribution in [0.1, 0.15) is 37.8 Å². The monoisotopic (exact) mass is 235 g/mol. The molecule has 0 aliphatic carbocycles. The maximum absolute atomic E-state index is 5.75. The molecular formula is C15H25NO. The highest BCUT2D eigenvalue weighted by Gasteiger charge is 1.97. The van der Waals surface area contributed by atoms with Gasteiger partial charge in [0.2, 0.25) is 0 Å². The molecule has 0 amide bonds. The average Bonchev–Trinajstić information content (AvgIpc) is 2.21. The summed E-state index contributed by atoms with van der Waals surface area (Å²) in [6.07, 6.45) is 2.27. The van der Waals surface area contributed by atoms with Gasteiger partial charge in [0.05, 0.1) is 6.61 Å². The van der Waals surface area contributed by atoms with E-state index < -0.39 is 0 Å². The summed E-state index contributed by atoms with van der Waals surface area (Å²) >= 11 is 0. The van der Waals surface area contributed by atoms with Gasteiger partial charge in [-0.1, -0.05) is 19.9 Å². The topological polar surface area (TPSA) is 21.3 Å². The highest BCUT2D eigenvalue weighted by atomic mass is 16.5. The largest absolute Gasteiger partial charge is 0.494 e. The minimum atomic E-state index is 0.579. The van der Waals surface area contributed by atoms with Crippen molar-refractivity contribution in [1.29, 1.82) is 0 Å². The molecule has 1 rings (SSSR count). The first-order valence-corrected chi connectivity index (χ1v) is 6.52. The van der Waals surface area contributed by atoms with E-state index in [9.17, 15) is 0 Å². The molecule has 1 N–H and O–H groups in total. The third kappa shape index (κ3) is 6.32. The summed E-state index contributed by atoms with van der Waals surface area (Å²) in [7, 11) is 0. The second-order valence-corrected chi connectivity index (χ2v) is 4.99. The van der Waals surface area contributed by atoms with Gasteiger partial charge in [0.1, 0.15) is 5.75 Å². The zero-order valence-corrected chi connectivity index (χ0v) is 11.5. The Morgan fingerprint density at radius 2 is 1.71 bits per heavy atom. The van der Waals surface area contributed by atoms with Crippen LogP contribution in [0.25, 0.3) is 0 Å². The summed E-state index contributed by atoms with van der Waals surface area (Å²) in [5.74, 6) is 0.999. The number of benzene rings is 1. The van der Waals surface area contributed by atoms with Gasteiger partial charge in [0, 0.05) is 6.04 Å². The molecule has 0 heterocycles. The Hall–Kier alpha value is -1.02. The maximum atomic E-state index is 5.75. The molecule has 0 aliphatic rings. The van der Waals surface area contributed by atoms with Gasteiger partial charge in [-0.05, 0) is 56.5 Å². The minimum Gasteiger partial charge on any atom is -0.494 e. The molecule has 96 valence electrons. The first-order valence-electron chi connectivity index (χ1n) is 6.52. The summed E-state index contributed by atoms with van der Waals surface area (Å²) in [6, 6.07) is 6.94. The predicted octanol–water partition coefficient (Wildman–Crippen LogP) is 3.46. The molecule has 0 aliphatic heterocycles. The minimum absolute atomic E-state index is 0.579. The van der Waals surface area contributed by atoms with E-state index in [0.717, 1.165) is 25.3 Å². The molecule has 0 fully saturated rings. The van der Waals surface area contributed by atoms with Crippen molar-refractivity contribution in [2.75, 3.05) is 13.2 Å². The van der Waals surface area contributed by atoms with Crippen molar-refractivity contribution >= 4 is 0 Å². The van der Waals surface area contributed by atoms with Gasteiger partial charge in [0.15, 0.2) is 0 Å². The van der Waals surface area contributed by atoms with E-state index in [0.29, 0.717) is 6.04 Å². The number of unbranched alkanes of at least 4 members (excludes halogenated alkanes) is 1. The molecule has 0 saturated heterocycles. The lowest BCUT2D eigenvalue weighted by atomic mass is 10.1. The SMILES string of the molecule is Cc1cc(C)cc(OCCCCNC(C)C)c1. The molecule has 0 atom stereocenters. The van der Waals surface area contributed by atoms with Crippen LogP contribution >= 0.6 is 0 Å². The Balaban J connectivity index is 2.18. The van der Waals surface area contributed by atoms with Crippen LogP contribution in [0.2, 0.25) is 0 Å². The normalized spacial score (nSPS) is 10.9. The Morgan fingerprint density at radius 1 is 1.06 bits per heavy atom. The quantitative estimate of drug-likeness (QED) is 0.731. The standard InChI is InChI=1S/C15H25NO/c1-12(2)16-7-5-6-8-17-15-10-13(3)9-14(4)11-15/h9-12,16H,5-8H2,1-4H3. The van der Waals surface area contributed by atoms with Gasteiger partial charge in [-0.25, -0.2) is 0 Å². The molecule has 0 radical (unpaired) electrons. The lowest BCUT2D eigenvalue weighted by molar-refractivity contribution is 0.304. The van der Waals surface area contributed by atoms with Gasteiger partial charge >= 0.3 is 0 Å². The van der Waals surface area contributed by atoms with E-state index in [-0.39, 0.29) is 0 Å². The Morgan fingerprint density at radius 3 is 2.29 bits per heavy atom. The molecular weight excluding hydrogens is 210 g/mol. The fourth-order valence-corrected chi connectivity index (χ4v) is 1.82. The molecule has 0 unspecified atom stereocenters. The average molecular weight is 235 g/mol. The van der Waals surface area contributed by atoms with Gasteiger partial charge in [-0.2, -0.15) is 0 Å². The number of nitrogens with one attached hydrogen (secondary N) is 1. The Labute approximate surface area is 105 Å². The second kappa shape index (κ2) is 7.33.